The maximum atomic E-state index is 10.6. The van der Waals surface area contributed by atoms with Gasteiger partial charge in [0.2, 0.25) is 0 Å². The molecule has 4 aromatic carbocycles. The number of nitrogens with zero attached hydrogens (tertiary/aromatic N) is 5. The zero-order valence-corrected chi connectivity index (χ0v) is 17.9. The molecule has 4 aromatic rings. The van der Waals surface area contributed by atoms with E-state index in [2.05, 4.69) is 20.5 Å². The highest BCUT2D eigenvalue weighted by atomic mass is 16.6. The smallest absolute Gasteiger partial charge is 0.271 e. The van der Waals surface area contributed by atoms with Gasteiger partial charge in [-0.2, -0.15) is 20.5 Å². The largest absolute Gasteiger partial charge is 0.497 e. The number of hydrogen-bond acceptors (Lipinski definition) is 7. The molecule has 0 radical (unpaired) electrons. The molecule has 0 aromatic heterocycles. The zero-order valence-electron chi connectivity index (χ0n) is 17.9. The first-order chi connectivity index (χ1) is 16.1. The molecule has 0 amide bonds. The number of nitro benzene ring substituents is 1. The zero-order chi connectivity index (χ0) is 23.3. The maximum absolute atomic E-state index is 10.6. The van der Waals surface area contributed by atoms with E-state index >= 15 is 0 Å². The Morgan fingerprint density at radius 2 is 1.06 bits per heavy atom. The van der Waals surface area contributed by atoms with Crippen LogP contribution in [0.3, 0.4) is 0 Å². The van der Waals surface area contributed by atoms with E-state index in [4.69, 9.17) is 4.74 Å². The molecular formula is C25H21N5O3. The van der Waals surface area contributed by atoms with Crippen molar-refractivity contribution in [3.05, 3.63) is 119 Å². The van der Waals surface area contributed by atoms with Crippen molar-refractivity contribution in [3.63, 3.8) is 0 Å². The van der Waals surface area contributed by atoms with Crippen molar-refractivity contribution in [2.24, 2.45) is 20.5 Å². The highest BCUT2D eigenvalue weighted by molar-refractivity contribution is 5.47. The Bertz CT molecular complexity index is 1230. The van der Waals surface area contributed by atoms with E-state index in [9.17, 15) is 10.1 Å². The molecule has 33 heavy (non-hydrogen) atoms. The van der Waals surface area contributed by atoms with E-state index in [-0.39, 0.29) is 5.69 Å². The van der Waals surface area contributed by atoms with Gasteiger partial charge in [0.05, 0.1) is 34.8 Å². The summed E-state index contributed by atoms with van der Waals surface area (Å²) in [6, 6.07) is 32.3. The van der Waals surface area contributed by atoms with Crippen LogP contribution < -0.4 is 4.74 Å². The second-order valence-corrected chi connectivity index (χ2v) is 6.55. The number of benzene rings is 4. The molecule has 0 N–H and O–H groups in total. The molecule has 0 fully saturated rings. The van der Waals surface area contributed by atoms with Crippen LogP contribution in [-0.2, 0) is 0 Å². The number of ether oxygens (including phenoxy) is 1. The molecule has 0 unspecified atom stereocenters. The molecule has 0 aliphatic heterocycles. The summed E-state index contributed by atoms with van der Waals surface area (Å²) in [5.41, 5.74) is 2.80. The highest BCUT2D eigenvalue weighted by Crippen LogP contribution is 2.23. The topological polar surface area (TPSA) is 102 Å². The Balaban J connectivity index is 0.000000186. The van der Waals surface area contributed by atoms with Crippen molar-refractivity contribution in [1.29, 1.82) is 0 Å². The SMILES string of the molecule is COc1cccc(N=Nc2ccccc2)c1.O=[N+]([O-])c1cccc(N=Nc2ccccc2)c1. The van der Waals surface area contributed by atoms with Crippen molar-refractivity contribution >= 4 is 28.4 Å². The number of rotatable bonds is 6. The number of hydrogen-bond donors (Lipinski definition) is 0. The molecule has 8 nitrogen and oxygen atoms in total. The van der Waals surface area contributed by atoms with Crippen molar-refractivity contribution < 1.29 is 9.66 Å². The first-order valence-electron chi connectivity index (χ1n) is 9.96. The van der Waals surface area contributed by atoms with Gasteiger partial charge in [-0.1, -0.05) is 48.5 Å². The minimum Gasteiger partial charge on any atom is -0.497 e. The first kappa shape index (κ1) is 23.0. The van der Waals surface area contributed by atoms with Gasteiger partial charge >= 0.3 is 0 Å². The molecular weight excluding hydrogens is 418 g/mol. The maximum Gasteiger partial charge on any atom is 0.271 e. The van der Waals surface area contributed by atoms with Crippen LogP contribution >= 0.6 is 0 Å². The van der Waals surface area contributed by atoms with Gasteiger partial charge in [-0.3, -0.25) is 10.1 Å². The lowest BCUT2D eigenvalue weighted by Crippen LogP contribution is -1.85. The van der Waals surface area contributed by atoms with Crippen LogP contribution in [0, 0.1) is 10.1 Å². The standard InChI is InChI=1S/C13H12N2O.C12H9N3O2/c1-16-13-9-5-8-12(10-13)15-14-11-6-3-2-4-7-11;16-15(17)12-8-4-7-11(9-12)14-13-10-5-2-1-3-6-10/h2-10H,1H3;1-9H. The van der Waals surface area contributed by atoms with Gasteiger partial charge in [-0.25, -0.2) is 0 Å². The summed E-state index contributed by atoms with van der Waals surface area (Å²) >= 11 is 0. The predicted octanol–water partition coefficient (Wildman–Crippen LogP) is 8.12. The van der Waals surface area contributed by atoms with Gasteiger partial charge in [0.15, 0.2) is 0 Å². The number of methoxy groups -OCH3 is 1. The van der Waals surface area contributed by atoms with Crippen molar-refractivity contribution in [2.45, 2.75) is 0 Å². The molecule has 4 rings (SSSR count). The van der Waals surface area contributed by atoms with Gasteiger partial charge in [0, 0.05) is 18.2 Å². The highest BCUT2D eigenvalue weighted by Gasteiger charge is 2.04. The van der Waals surface area contributed by atoms with E-state index in [1.165, 1.54) is 12.1 Å². The summed E-state index contributed by atoms with van der Waals surface area (Å²) in [4.78, 5) is 10.1. The molecule has 0 atom stereocenters. The Hall–Kier alpha value is -4.72. The van der Waals surface area contributed by atoms with Crippen LogP contribution in [-0.4, -0.2) is 12.0 Å². The quantitative estimate of drug-likeness (QED) is 0.172. The van der Waals surface area contributed by atoms with Gasteiger partial charge < -0.3 is 4.74 Å². The lowest BCUT2D eigenvalue weighted by molar-refractivity contribution is -0.384. The lowest BCUT2D eigenvalue weighted by atomic mass is 10.3. The second-order valence-electron chi connectivity index (χ2n) is 6.55. The number of non-ortho nitro benzene ring substituents is 1. The summed E-state index contributed by atoms with van der Waals surface area (Å²) in [6.07, 6.45) is 0. The normalized spacial score (nSPS) is 10.6. The molecule has 0 spiro atoms. The molecule has 8 heteroatoms. The molecule has 0 bridgehead atoms. The monoisotopic (exact) mass is 439 g/mol. The first-order valence-corrected chi connectivity index (χ1v) is 9.96. The van der Waals surface area contributed by atoms with Crippen LogP contribution in [0.4, 0.5) is 28.4 Å². The molecule has 164 valence electrons. The molecule has 0 saturated carbocycles. The fourth-order valence-electron chi connectivity index (χ4n) is 2.56. The van der Waals surface area contributed by atoms with E-state index in [0.717, 1.165) is 17.1 Å². The Morgan fingerprint density at radius 1 is 0.606 bits per heavy atom. The van der Waals surface area contributed by atoms with Crippen molar-refractivity contribution in [1.82, 2.24) is 0 Å². The third-order valence-corrected chi connectivity index (χ3v) is 4.17. The van der Waals surface area contributed by atoms with Crippen LogP contribution in [0.2, 0.25) is 0 Å². The van der Waals surface area contributed by atoms with Gasteiger partial charge in [-0.05, 0) is 42.5 Å². The Kier molecular flexibility index (Phi) is 8.49. The van der Waals surface area contributed by atoms with Crippen LogP contribution in [0.5, 0.6) is 5.75 Å². The van der Waals surface area contributed by atoms with Crippen molar-refractivity contribution in [3.8, 4) is 5.75 Å². The van der Waals surface area contributed by atoms with Gasteiger partial charge in [-0.15, -0.1) is 0 Å². The van der Waals surface area contributed by atoms with Crippen molar-refractivity contribution in [2.75, 3.05) is 7.11 Å². The summed E-state index contributed by atoms with van der Waals surface area (Å²) < 4.78 is 5.11. The molecule has 0 saturated heterocycles. The fourth-order valence-corrected chi connectivity index (χ4v) is 2.56. The van der Waals surface area contributed by atoms with Gasteiger partial charge in [0.25, 0.3) is 5.69 Å². The second kappa shape index (κ2) is 12.2. The molecule has 0 heterocycles. The summed E-state index contributed by atoms with van der Waals surface area (Å²) in [7, 11) is 1.63. The third-order valence-electron chi connectivity index (χ3n) is 4.17. The Morgan fingerprint density at radius 3 is 1.58 bits per heavy atom. The molecule has 0 aliphatic rings. The predicted molar refractivity (Wildman–Crippen MR) is 127 cm³/mol. The van der Waals surface area contributed by atoms with E-state index in [1.807, 2.05) is 72.8 Å². The summed E-state index contributed by atoms with van der Waals surface area (Å²) in [5, 5.41) is 26.7. The fraction of sp³-hybridized carbons (Fsp3) is 0.0400. The minimum atomic E-state index is -0.457. The number of nitro groups is 1. The average Bonchev–Trinajstić information content (AvgIpc) is 2.88. The minimum absolute atomic E-state index is 0.00881. The van der Waals surface area contributed by atoms with Crippen LogP contribution in [0.25, 0.3) is 0 Å². The van der Waals surface area contributed by atoms with Crippen LogP contribution in [0.1, 0.15) is 0 Å². The average molecular weight is 439 g/mol. The summed E-state index contributed by atoms with van der Waals surface area (Å²) in [5.74, 6) is 0.782. The van der Waals surface area contributed by atoms with Gasteiger partial charge in [0.1, 0.15) is 5.75 Å². The Labute approximate surface area is 191 Å². The lowest BCUT2D eigenvalue weighted by Gasteiger charge is -1.98. The summed E-state index contributed by atoms with van der Waals surface area (Å²) in [6.45, 7) is 0. The molecule has 0 aliphatic carbocycles. The van der Waals surface area contributed by atoms with E-state index < -0.39 is 4.92 Å². The third kappa shape index (κ3) is 7.80. The van der Waals surface area contributed by atoms with E-state index in [1.54, 1.807) is 31.4 Å². The van der Waals surface area contributed by atoms with E-state index in [0.29, 0.717) is 11.4 Å². The van der Waals surface area contributed by atoms with Crippen LogP contribution in [0.15, 0.2) is 130 Å². The number of azo groups is 2.